The van der Waals surface area contributed by atoms with Crippen LogP contribution in [0.4, 0.5) is 0 Å². The van der Waals surface area contributed by atoms with Gasteiger partial charge in [-0.25, -0.2) is 8.42 Å². The SMILES string of the molecule is CCNC(=NCCOCC)NCCOCCS(C)(=O)=O. The van der Waals surface area contributed by atoms with Crippen molar-refractivity contribution in [2.24, 2.45) is 4.99 Å². The number of nitrogens with one attached hydrogen (secondary N) is 2. The van der Waals surface area contributed by atoms with Crippen LogP contribution in [0.25, 0.3) is 0 Å². The predicted octanol–water partition coefficient (Wildman–Crippen LogP) is -0.361. The van der Waals surface area contributed by atoms with Gasteiger partial charge in [0.2, 0.25) is 0 Å². The van der Waals surface area contributed by atoms with Gasteiger partial charge in [-0.2, -0.15) is 0 Å². The number of rotatable bonds is 11. The summed E-state index contributed by atoms with van der Waals surface area (Å²) in [4.78, 5) is 4.33. The van der Waals surface area contributed by atoms with Crippen LogP contribution in [0.3, 0.4) is 0 Å². The van der Waals surface area contributed by atoms with Gasteiger partial charge >= 0.3 is 0 Å². The zero-order valence-electron chi connectivity index (χ0n) is 12.6. The molecule has 7 nitrogen and oxygen atoms in total. The number of guanidine groups is 1. The minimum Gasteiger partial charge on any atom is -0.380 e. The van der Waals surface area contributed by atoms with E-state index in [-0.39, 0.29) is 12.4 Å². The van der Waals surface area contributed by atoms with Gasteiger partial charge in [0.15, 0.2) is 5.96 Å². The van der Waals surface area contributed by atoms with Gasteiger partial charge in [-0.3, -0.25) is 4.99 Å². The molecule has 0 bridgehead atoms. The fraction of sp³-hybridized carbons (Fsp3) is 0.917. The van der Waals surface area contributed by atoms with Crippen LogP contribution in [0.15, 0.2) is 4.99 Å². The summed E-state index contributed by atoms with van der Waals surface area (Å²) < 4.78 is 32.2. The summed E-state index contributed by atoms with van der Waals surface area (Å²) in [6.07, 6.45) is 1.20. The van der Waals surface area contributed by atoms with Gasteiger partial charge < -0.3 is 20.1 Å². The van der Waals surface area contributed by atoms with Crippen LogP contribution < -0.4 is 10.6 Å². The quantitative estimate of drug-likeness (QED) is 0.308. The molecule has 20 heavy (non-hydrogen) atoms. The molecule has 120 valence electrons. The third kappa shape index (κ3) is 13.6. The maximum atomic E-state index is 10.9. The monoisotopic (exact) mass is 309 g/mol. The smallest absolute Gasteiger partial charge is 0.191 e. The van der Waals surface area contributed by atoms with Crippen molar-refractivity contribution < 1.29 is 17.9 Å². The topological polar surface area (TPSA) is 89.0 Å². The maximum Gasteiger partial charge on any atom is 0.191 e. The highest BCUT2D eigenvalue weighted by Crippen LogP contribution is 1.84. The van der Waals surface area contributed by atoms with E-state index in [2.05, 4.69) is 15.6 Å². The number of hydrogen-bond acceptors (Lipinski definition) is 5. The Kier molecular flexibility index (Phi) is 11.4. The van der Waals surface area contributed by atoms with Gasteiger partial charge in [-0.05, 0) is 13.8 Å². The molecular weight excluding hydrogens is 282 g/mol. The summed E-state index contributed by atoms with van der Waals surface area (Å²) in [5.41, 5.74) is 0. The number of sulfone groups is 1. The second-order valence-electron chi connectivity index (χ2n) is 4.13. The van der Waals surface area contributed by atoms with Crippen LogP contribution in [0.2, 0.25) is 0 Å². The van der Waals surface area contributed by atoms with Gasteiger partial charge in [-0.1, -0.05) is 0 Å². The van der Waals surface area contributed by atoms with E-state index in [1.165, 1.54) is 6.26 Å². The Morgan fingerprint density at radius 3 is 2.45 bits per heavy atom. The average Bonchev–Trinajstić information content (AvgIpc) is 2.37. The summed E-state index contributed by atoms with van der Waals surface area (Å²) in [5.74, 6) is 0.758. The zero-order valence-corrected chi connectivity index (χ0v) is 13.5. The molecule has 0 aromatic carbocycles. The Morgan fingerprint density at radius 2 is 1.85 bits per heavy atom. The van der Waals surface area contributed by atoms with E-state index in [0.29, 0.717) is 38.9 Å². The summed E-state index contributed by atoms with van der Waals surface area (Å²) in [7, 11) is -2.95. The molecule has 0 saturated heterocycles. The molecule has 0 radical (unpaired) electrons. The predicted molar refractivity (Wildman–Crippen MR) is 81.0 cm³/mol. The van der Waals surface area contributed by atoms with Crippen molar-refractivity contribution in [1.29, 1.82) is 0 Å². The highest BCUT2D eigenvalue weighted by molar-refractivity contribution is 7.90. The minimum absolute atomic E-state index is 0.0511. The van der Waals surface area contributed by atoms with E-state index in [0.717, 1.165) is 6.54 Å². The van der Waals surface area contributed by atoms with Gasteiger partial charge in [0.05, 0.1) is 32.1 Å². The summed E-state index contributed by atoms with van der Waals surface area (Å²) in [6, 6.07) is 0. The number of ether oxygens (including phenoxy) is 2. The lowest BCUT2D eigenvalue weighted by Gasteiger charge is -2.11. The minimum atomic E-state index is -2.95. The van der Waals surface area contributed by atoms with Crippen LogP contribution in [0.1, 0.15) is 13.8 Å². The Hall–Kier alpha value is -0.860. The normalized spacial score (nSPS) is 12.4. The van der Waals surface area contributed by atoms with Crippen LogP contribution in [0.5, 0.6) is 0 Å². The number of hydrogen-bond donors (Lipinski definition) is 2. The van der Waals surface area contributed by atoms with Crippen LogP contribution in [0, 0.1) is 0 Å². The van der Waals surface area contributed by atoms with E-state index in [1.54, 1.807) is 0 Å². The molecule has 0 rings (SSSR count). The molecule has 2 N–H and O–H groups in total. The lowest BCUT2D eigenvalue weighted by Crippen LogP contribution is -2.39. The Labute approximate surface area is 122 Å². The molecule has 0 atom stereocenters. The van der Waals surface area contributed by atoms with Gasteiger partial charge in [0, 0.05) is 26.0 Å². The number of aliphatic imine (C=N–C) groups is 1. The van der Waals surface area contributed by atoms with Gasteiger partial charge in [0.25, 0.3) is 0 Å². The van der Waals surface area contributed by atoms with E-state index >= 15 is 0 Å². The lowest BCUT2D eigenvalue weighted by atomic mass is 10.6. The molecule has 0 aliphatic rings. The second-order valence-corrected chi connectivity index (χ2v) is 6.39. The highest BCUT2D eigenvalue weighted by atomic mass is 32.2. The molecule has 0 aromatic rings. The van der Waals surface area contributed by atoms with Crippen molar-refractivity contribution in [1.82, 2.24) is 10.6 Å². The average molecular weight is 309 g/mol. The standard InChI is InChI=1S/C12H27N3O4S/c1-4-13-12(14-6-8-18-5-2)15-7-9-19-10-11-20(3,16)17/h4-11H2,1-3H3,(H2,13,14,15). The molecule has 0 amide bonds. The van der Waals surface area contributed by atoms with E-state index in [1.807, 2.05) is 13.8 Å². The molecule has 0 unspecified atom stereocenters. The Balaban J connectivity index is 3.74. The molecule has 0 aliphatic heterocycles. The first-order chi connectivity index (χ1) is 9.49. The highest BCUT2D eigenvalue weighted by Gasteiger charge is 2.01. The van der Waals surface area contributed by atoms with Crippen molar-refractivity contribution in [3.8, 4) is 0 Å². The first-order valence-corrected chi connectivity index (χ1v) is 8.91. The van der Waals surface area contributed by atoms with Crippen LogP contribution in [-0.4, -0.2) is 72.4 Å². The van der Waals surface area contributed by atoms with E-state index < -0.39 is 9.84 Å². The largest absolute Gasteiger partial charge is 0.380 e. The molecule has 0 spiro atoms. The molecule has 8 heteroatoms. The summed E-state index contributed by atoms with van der Waals surface area (Å²) >= 11 is 0. The van der Waals surface area contributed by atoms with E-state index in [4.69, 9.17) is 9.47 Å². The summed E-state index contributed by atoms with van der Waals surface area (Å²) in [6.45, 7) is 7.82. The molecule has 0 aromatic heterocycles. The third-order valence-electron chi connectivity index (χ3n) is 2.19. The fourth-order valence-corrected chi connectivity index (χ4v) is 1.68. The van der Waals surface area contributed by atoms with Crippen molar-refractivity contribution >= 4 is 15.8 Å². The zero-order chi connectivity index (χ0) is 15.3. The van der Waals surface area contributed by atoms with Crippen molar-refractivity contribution in [2.45, 2.75) is 13.8 Å². The van der Waals surface area contributed by atoms with Crippen LogP contribution in [-0.2, 0) is 19.3 Å². The molecule has 0 saturated carbocycles. The Morgan fingerprint density at radius 1 is 1.10 bits per heavy atom. The maximum absolute atomic E-state index is 10.9. The number of nitrogens with zero attached hydrogens (tertiary/aromatic N) is 1. The summed E-state index contributed by atoms with van der Waals surface area (Å²) in [5, 5.41) is 6.21. The second kappa shape index (κ2) is 11.9. The van der Waals surface area contributed by atoms with E-state index in [9.17, 15) is 8.42 Å². The molecular formula is C12H27N3O4S. The van der Waals surface area contributed by atoms with Gasteiger partial charge in [-0.15, -0.1) is 0 Å². The Bertz CT molecular complexity index is 358. The van der Waals surface area contributed by atoms with Crippen LogP contribution >= 0.6 is 0 Å². The van der Waals surface area contributed by atoms with Gasteiger partial charge in [0.1, 0.15) is 9.84 Å². The molecule has 0 fully saturated rings. The lowest BCUT2D eigenvalue weighted by molar-refractivity contribution is 0.153. The van der Waals surface area contributed by atoms with Crippen molar-refractivity contribution in [2.75, 3.05) is 58.1 Å². The molecule has 0 heterocycles. The first-order valence-electron chi connectivity index (χ1n) is 6.85. The third-order valence-corrected chi connectivity index (χ3v) is 3.10. The fourth-order valence-electron chi connectivity index (χ4n) is 1.26. The molecule has 0 aliphatic carbocycles. The first kappa shape index (κ1) is 19.1. The van der Waals surface area contributed by atoms with Crippen molar-refractivity contribution in [3.05, 3.63) is 0 Å². The van der Waals surface area contributed by atoms with Crippen molar-refractivity contribution in [3.63, 3.8) is 0 Å².